The zero-order valence-electron chi connectivity index (χ0n) is 10.6. The highest BCUT2D eigenvalue weighted by Crippen LogP contribution is 2.19. The minimum absolute atomic E-state index is 0.576. The number of hydrogen-bond acceptors (Lipinski definition) is 6. The lowest BCUT2D eigenvalue weighted by molar-refractivity contribution is 0.137. The summed E-state index contributed by atoms with van der Waals surface area (Å²) in [5, 5.41) is 7.58. The van der Waals surface area contributed by atoms with Crippen LogP contribution in [0.4, 0.5) is 0 Å². The summed E-state index contributed by atoms with van der Waals surface area (Å²) in [7, 11) is 1.73. The van der Waals surface area contributed by atoms with Crippen LogP contribution in [0.1, 0.15) is 18.5 Å². The van der Waals surface area contributed by atoms with Crippen LogP contribution in [0.2, 0.25) is 4.34 Å². The van der Waals surface area contributed by atoms with Gasteiger partial charge in [-0.2, -0.15) is 0 Å². The molecule has 1 unspecified atom stereocenters. The molecule has 1 aliphatic rings. The molecule has 7 heteroatoms. The Morgan fingerprint density at radius 3 is 3.11 bits per heavy atom. The Kier molecular flexibility index (Phi) is 5.78. The summed E-state index contributed by atoms with van der Waals surface area (Å²) in [6, 6.07) is 0.576. The summed E-state index contributed by atoms with van der Waals surface area (Å²) in [5.74, 6) is 0. The van der Waals surface area contributed by atoms with Crippen molar-refractivity contribution in [2.45, 2.75) is 25.4 Å². The van der Waals surface area contributed by atoms with Crippen molar-refractivity contribution in [3.63, 3.8) is 0 Å². The molecule has 5 nitrogen and oxygen atoms in total. The van der Waals surface area contributed by atoms with Crippen molar-refractivity contribution in [3.05, 3.63) is 10.0 Å². The third kappa shape index (κ3) is 4.13. The lowest BCUT2D eigenvalue weighted by atomic mass is 10.2. The molecule has 1 aromatic rings. The fraction of sp³-hybridized carbons (Fsp3) is 0.818. The zero-order valence-corrected chi connectivity index (χ0v) is 12.1. The van der Waals surface area contributed by atoms with Gasteiger partial charge in [-0.05, 0) is 19.4 Å². The molecule has 1 saturated heterocycles. The Balaban J connectivity index is 1.89. The van der Waals surface area contributed by atoms with Gasteiger partial charge in [-0.3, -0.25) is 4.90 Å². The van der Waals surface area contributed by atoms with E-state index in [2.05, 4.69) is 19.8 Å². The van der Waals surface area contributed by atoms with Crippen molar-refractivity contribution in [2.24, 2.45) is 0 Å². The molecule has 1 atom stereocenters. The molecule has 0 aromatic carbocycles. The standard InChI is InChI=1S/C11H19ClN4OS/c1-17-6-5-16(7-9-3-2-4-13-9)8-10-11(12)18-15-14-10/h9,13H,2-8H2,1H3. The fourth-order valence-corrected chi connectivity index (χ4v) is 2.79. The number of aromatic nitrogens is 2. The van der Waals surface area contributed by atoms with E-state index in [1.165, 1.54) is 24.4 Å². The molecule has 2 rings (SSSR count). The average Bonchev–Trinajstić information content (AvgIpc) is 2.99. The number of ether oxygens (including phenoxy) is 1. The topological polar surface area (TPSA) is 50.3 Å². The Morgan fingerprint density at radius 1 is 1.61 bits per heavy atom. The fourth-order valence-electron chi connectivity index (χ4n) is 2.18. The van der Waals surface area contributed by atoms with E-state index in [9.17, 15) is 0 Å². The maximum absolute atomic E-state index is 6.05. The van der Waals surface area contributed by atoms with Crippen molar-refractivity contribution in [1.29, 1.82) is 0 Å². The number of nitrogens with one attached hydrogen (secondary N) is 1. The van der Waals surface area contributed by atoms with Gasteiger partial charge in [0.2, 0.25) is 0 Å². The van der Waals surface area contributed by atoms with Crippen LogP contribution in [-0.2, 0) is 11.3 Å². The Bertz CT molecular complexity index is 357. The van der Waals surface area contributed by atoms with Gasteiger partial charge in [0.25, 0.3) is 0 Å². The maximum Gasteiger partial charge on any atom is 0.138 e. The number of methoxy groups -OCH3 is 1. The van der Waals surface area contributed by atoms with E-state index < -0.39 is 0 Å². The maximum atomic E-state index is 6.05. The van der Waals surface area contributed by atoms with E-state index in [1.807, 2.05) is 0 Å². The van der Waals surface area contributed by atoms with Crippen LogP contribution in [0.3, 0.4) is 0 Å². The second-order valence-electron chi connectivity index (χ2n) is 4.51. The van der Waals surface area contributed by atoms with Crippen molar-refractivity contribution in [2.75, 3.05) is 33.4 Å². The van der Waals surface area contributed by atoms with Gasteiger partial charge in [0.05, 0.1) is 6.61 Å². The van der Waals surface area contributed by atoms with Crippen LogP contribution < -0.4 is 5.32 Å². The van der Waals surface area contributed by atoms with E-state index in [1.54, 1.807) is 7.11 Å². The Labute approximate surface area is 117 Å². The van der Waals surface area contributed by atoms with Gasteiger partial charge in [0.15, 0.2) is 0 Å². The van der Waals surface area contributed by atoms with E-state index in [4.69, 9.17) is 16.3 Å². The van der Waals surface area contributed by atoms with Crippen LogP contribution in [0.5, 0.6) is 0 Å². The van der Waals surface area contributed by atoms with Crippen LogP contribution in [0.25, 0.3) is 0 Å². The van der Waals surface area contributed by atoms with E-state index in [0.717, 1.165) is 38.5 Å². The predicted octanol–water partition coefficient (Wildman–Crippen LogP) is 1.39. The Hall–Kier alpha value is -0.270. The minimum atomic E-state index is 0.576. The molecular formula is C11H19ClN4OS. The molecule has 0 amide bonds. The summed E-state index contributed by atoms with van der Waals surface area (Å²) >= 11 is 7.30. The first-order chi connectivity index (χ1) is 8.79. The van der Waals surface area contributed by atoms with Crippen LogP contribution >= 0.6 is 23.1 Å². The molecule has 0 aliphatic carbocycles. The van der Waals surface area contributed by atoms with E-state index in [-0.39, 0.29) is 0 Å². The van der Waals surface area contributed by atoms with Crippen LogP contribution in [-0.4, -0.2) is 53.9 Å². The van der Waals surface area contributed by atoms with Crippen molar-refractivity contribution in [3.8, 4) is 0 Å². The average molecular weight is 291 g/mol. The molecule has 1 aromatic heterocycles. The highest BCUT2D eigenvalue weighted by molar-refractivity contribution is 7.10. The quantitative estimate of drug-likeness (QED) is 0.822. The SMILES string of the molecule is COCCN(Cc1nnsc1Cl)CC1CCCN1. The first kappa shape index (κ1) is 14.1. The Morgan fingerprint density at radius 2 is 2.50 bits per heavy atom. The minimum Gasteiger partial charge on any atom is -0.383 e. The van der Waals surface area contributed by atoms with Gasteiger partial charge in [0, 0.05) is 44.3 Å². The molecule has 0 radical (unpaired) electrons. The number of rotatable bonds is 7. The van der Waals surface area contributed by atoms with Gasteiger partial charge >= 0.3 is 0 Å². The van der Waals surface area contributed by atoms with E-state index >= 15 is 0 Å². The summed E-state index contributed by atoms with van der Waals surface area (Å²) < 4.78 is 9.72. The zero-order chi connectivity index (χ0) is 12.8. The van der Waals surface area contributed by atoms with Gasteiger partial charge in [0.1, 0.15) is 10.0 Å². The first-order valence-corrected chi connectivity index (χ1v) is 7.36. The number of hydrogen-bond donors (Lipinski definition) is 1. The molecule has 1 aliphatic heterocycles. The normalized spacial score (nSPS) is 19.8. The van der Waals surface area contributed by atoms with Gasteiger partial charge < -0.3 is 10.1 Å². The first-order valence-electron chi connectivity index (χ1n) is 6.21. The van der Waals surface area contributed by atoms with Crippen molar-refractivity contribution < 1.29 is 4.74 Å². The second-order valence-corrected chi connectivity index (χ2v) is 5.87. The summed E-state index contributed by atoms with van der Waals surface area (Å²) in [6.45, 7) is 4.50. The third-order valence-corrected chi connectivity index (χ3v) is 4.12. The molecule has 1 fully saturated rings. The summed E-state index contributed by atoms with van der Waals surface area (Å²) in [4.78, 5) is 2.33. The van der Waals surface area contributed by atoms with Gasteiger partial charge in [-0.25, -0.2) is 0 Å². The summed E-state index contributed by atoms with van der Waals surface area (Å²) in [5.41, 5.74) is 0.871. The summed E-state index contributed by atoms with van der Waals surface area (Å²) in [6.07, 6.45) is 2.51. The highest BCUT2D eigenvalue weighted by atomic mass is 35.5. The second kappa shape index (κ2) is 7.35. The lowest BCUT2D eigenvalue weighted by Crippen LogP contribution is -2.38. The van der Waals surface area contributed by atoms with Crippen molar-refractivity contribution in [1.82, 2.24) is 19.8 Å². The molecule has 0 bridgehead atoms. The molecule has 18 heavy (non-hydrogen) atoms. The molecule has 102 valence electrons. The predicted molar refractivity (Wildman–Crippen MR) is 73.1 cm³/mol. The molecular weight excluding hydrogens is 272 g/mol. The molecule has 0 saturated carbocycles. The molecule has 1 N–H and O–H groups in total. The smallest absolute Gasteiger partial charge is 0.138 e. The monoisotopic (exact) mass is 290 g/mol. The van der Waals surface area contributed by atoms with Gasteiger partial charge in [-0.1, -0.05) is 16.1 Å². The lowest BCUT2D eigenvalue weighted by Gasteiger charge is -2.24. The molecule has 2 heterocycles. The number of halogens is 1. The number of nitrogens with zero attached hydrogens (tertiary/aromatic N) is 3. The van der Waals surface area contributed by atoms with Gasteiger partial charge in [-0.15, -0.1) is 5.10 Å². The molecule has 0 spiro atoms. The highest BCUT2D eigenvalue weighted by Gasteiger charge is 2.19. The van der Waals surface area contributed by atoms with Crippen LogP contribution in [0, 0.1) is 0 Å². The van der Waals surface area contributed by atoms with E-state index in [0.29, 0.717) is 10.4 Å². The largest absolute Gasteiger partial charge is 0.383 e. The van der Waals surface area contributed by atoms with Crippen molar-refractivity contribution >= 4 is 23.1 Å². The van der Waals surface area contributed by atoms with Crippen LogP contribution in [0.15, 0.2) is 0 Å². The third-order valence-electron chi connectivity index (χ3n) is 3.14.